The van der Waals surface area contributed by atoms with Crippen LogP contribution in [0.1, 0.15) is 25.8 Å². The summed E-state index contributed by atoms with van der Waals surface area (Å²) in [7, 11) is 0. The van der Waals surface area contributed by atoms with E-state index < -0.39 is 0 Å². The largest absolute Gasteiger partial charge is 0.484 e. The normalized spacial score (nSPS) is 11.6. The molecule has 0 aliphatic heterocycles. The van der Waals surface area contributed by atoms with E-state index in [0.29, 0.717) is 16.3 Å². The number of Topliss-reactive ketones (excluding diaryl/α,β-unsaturated/α-hetero) is 1. The SMILES string of the molecule is CCC(C)C(=O)COc1cc(Cl)ccc1C#N. The average Bonchev–Trinajstić information content (AvgIpc) is 2.35. The predicted octanol–water partition coefficient (Wildman–Crippen LogP) is 3.21. The Morgan fingerprint density at radius 1 is 1.59 bits per heavy atom. The molecule has 0 heterocycles. The maximum atomic E-state index is 11.6. The van der Waals surface area contributed by atoms with Crippen molar-refractivity contribution in [1.82, 2.24) is 0 Å². The summed E-state index contributed by atoms with van der Waals surface area (Å²) in [5, 5.41) is 9.35. The highest BCUT2D eigenvalue weighted by Gasteiger charge is 2.12. The fourth-order valence-electron chi connectivity index (χ4n) is 1.23. The van der Waals surface area contributed by atoms with E-state index in [0.717, 1.165) is 6.42 Å². The maximum absolute atomic E-state index is 11.6. The van der Waals surface area contributed by atoms with Crippen molar-refractivity contribution in [2.45, 2.75) is 20.3 Å². The van der Waals surface area contributed by atoms with Gasteiger partial charge in [-0.15, -0.1) is 0 Å². The second-order valence-corrected chi connectivity index (χ2v) is 4.25. The number of nitriles is 1. The summed E-state index contributed by atoms with van der Waals surface area (Å²) in [6.45, 7) is 3.78. The van der Waals surface area contributed by atoms with Gasteiger partial charge in [0.05, 0.1) is 5.56 Å². The van der Waals surface area contributed by atoms with Gasteiger partial charge in [-0.1, -0.05) is 25.4 Å². The highest BCUT2D eigenvalue weighted by Crippen LogP contribution is 2.22. The number of hydrogen-bond donors (Lipinski definition) is 0. The smallest absolute Gasteiger partial charge is 0.172 e. The molecule has 17 heavy (non-hydrogen) atoms. The highest BCUT2D eigenvalue weighted by atomic mass is 35.5. The lowest BCUT2D eigenvalue weighted by atomic mass is 10.0. The van der Waals surface area contributed by atoms with Gasteiger partial charge in [0.25, 0.3) is 0 Å². The predicted molar refractivity (Wildman–Crippen MR) is 66.1 cm³/mol. The van der Waals surface area contributed by atoms with Crippen LogP contribution in [0.25, 0.3) is 0 Å². The van der Waals surface area contributed by atoms with Gasteiger partial charge in [-0.2, -0.15) is 5.26 Å². The molecule has 1 aromatic carbocycles. The van der Waals surface area contributed by atoms with Gasteiger partial charge >= 0.3 is 0 Å². The summed E-state index contributed by atoms with van der Waals surface area (Å²) in [5.74, 6) is 0.354. The molecule has 0 saturated carbocycles. The topological polar surface area (TPSA) is 50.1 Å². The Balaban J connectivity index is 2.72. The molecule has 0 saturated heterocycles. The van der Waals surface area contributed by atoms with Crippen molar-refractivity contribution in [2.24, 2.45) is 5.92 Å². The van der Waals surface area contributed by atoms with Gasteiger partial charge in [0.2, 0.25) is 0 Å². The summed E-state index contributed by atoms with van der Waals surface area (Å²) in [6, 6.07) is 6.73. The maximum Gasteiger partial charge on any atom is 0.172 e. The Hall–Kier alpha value is -1.53. The van der Waals surface area contributed by atoms with Gasteiger partial charge in [-0.25, -0.2) is 0 Å². The van der Waals surface area contributed by atoms with E-state index in [4.69, 9.17) is 21.6 Å². The quantitative estimate of drug-likeness (QED) is 0.807. The van der Waals surface area contributed by atoms with Crippen molar-refractivity contribution in [3.05, 3.63) is 28.8 Å². The van der Waals surface area contributed by atoms with Gasteiger partial charge in [0.1, 0.15) is 18.4 Å². The van der Waals surface area contributed by atoms with E-state index in [2.05, 4.69) is 0 Å². The monoisotopic (exact) mass is 251 g/mol. The molecule has 0 aromatic heterocycles. The highest BCUT2D eigenvalue weighted by molar-refractivity contribution is 6.30. The van der Waals surface area contributed by atoms with Crippen LogP contribution in [0.4, 0.5) is 0 Å². The van der Waals surface area contributed by atoms with Crippen LogP contribution in [0.15, 0.2) is 18.2 Å². The Labute approximate surface area is 106 Å². The molecule has 0 spiro atoms. The lowest BCUT2D eigenvalue weighted by Crippen LogP contribution is -2.18. The molecule has 1 rings (SSSR count). The van der Waals surface area contributed by atoms with Crippen LogP contribution in [0.2, 0.25) is 5.02 Å². The molecule has 0 fully saturated rings. The van der Waals surface area contributed by atoms with Gasteiger partial charge < -0.3 is 4.74 Å². The first-order valence-electron chi connectivity index (χ1n) is 5.43. The first-order chi connectivity index (χ1) is 8.08. The Morgan fingerprint density at radius 3 is 2.88 bits per heavy atom. The molecule has 0 aliphatic carbocycles. The van der Waals surface area contributed by atoms with Crippen molar-refractivity contribution in [1.29, 1.82) is 5.26 Å². The number of ketones is 1. The first kappa shape index (κ1) is 13.5. The summed E-state index contributed by atoms with van der Waals surface area (Å²) in [6.07, 6.45) is 0.781. The zero-order valence-corrected chi connectivity index (χ0v) is 10.6. The first-order valence-corrected chi connectivity index (χ1v) is 5.81. The van der Waals surface area contributed by atoms with Crippen LogP contribution >= 0.6 is 11.6 Å². The zero-order chi connectivity index (χ0) is 12.8. The number of carbonyl (C=O) groups is 1. The van der Waals surface area contributed by atoms with Crippen LogP contribution in [0.5, 0.6) is 5.75 Å². The number of halogens is 1. The molecule has 4 heteroatoms. The molecule has 90 valence electrons. The van der Waals surface area contributed by atoms with E-state index in [-0.39, 0.29) is 18.3 Å². The van der Waals surface area contributed by atoms with Crippen LogP contribution in [-0.2, 0) is 4.79 Å². The van der Waals surface area contributed by atoms with E-state index >= 15 is 0 Å². The van der Waals surface area contributed by atoms with Crippen LogP contribution in [0, 0.1) is 17.2 Å². The molecule has 0 amide bonds. The Bertz CT molecular complexity index is 451. The average molecular weight is 252 g/mol. The number of ether oxygens (including phenoxy) is 1. The van der Waals surface area contributed by atoms with Gasteiger partial charge in [0, 0.05) is 17.0 Å². The molecule has 0 N–H and O–H groups in total. The number of rotatable bonds is 5. The fourth-order valence-corrected chi connectivity index (χ4v) is 1.39. The van der Waals surface area contributed by atoms with Gasteiger partial charge in [0.15, 0.2) is 5.78 Å². The Kier molecular flexibility index (Phi) is 4.99. The number of benzene rings is 1. The van der Waals surface area contributed by atoms with E-state index in [1.165, 1.54) is 0 Å². The zero-order valence-electron chi connectivity index (χ0n) is 9.87. The molecule has 0 aliphatic rings. The molecule has 0 bridgehead atoms. The van der Waals surface area contributed by atoms with Crippen molar-refractivity contribution in [3.63, 3.8) is 0 Å². The molecule has 3 nitrogen and oxygen atoms in total. The van der Waals surface area contributed by atoms with E-state index in [1.54, 1.807) is 18.2 Å². The fraction of sp³-hybridized carbons (Fsp3) is 0.385. The molecule has 1 unspecified atom stereocenters. The third kappa shape index (κ3) is 3.76. The second kappa shape index (κ2) is 6.27. The van der Waals surface area contributed by atoms with Gasteiger partial charge in [-0.3, -0.25) is 4.79 Å². The summed E-state index contributed by atoms with van der Waals surface area (Å²) < 4.78 is 5.34. The summed E-state index contributed by atoms with van der Waals surface area (Å²) in [4.78, 5) is 11.6. The number of carbonyl (C=O) groups excluding carboxylic acids is 1. The van der Waals surface area contributed by atoms with Crippen molar-refractivity contribution in [3.8, 4) is 11.8 Å². The number of hydrogen-bond acceptors (Lipinski definition) is 3. The standard InChI is InChI=1S/C13H14ClNO2/c1-3-9(2)12(16)8-17-13-6-11(14)5-4-10(13)7-15/h4-6,9H,3,8H2,1-2H3. The molecular formula is C13H14ClNO2. The minimum Gasteiger partial charge on any atom is -0.484 e. The van der Waals surface area contributed by atoms with Crippen molar-refractivity contribution < 1.29 is 9.53 Å². The van der Waals surface area contributed by atoms with Crippen LogP contribution in [0.3, 0.4) is 0 Å². The second-order valence-electron chi connectivity index (χ2n) is 3.82. The molecular weight excluding hydrogens is 238 g/mol. The molecule has 1 atom stereocenters. The Morgan fingerprint density at radius 2 is 2.29 bits per heavy atom. The summed E-state index contributed by atoms with van der Waals surface area (Å²) in [5.41, 5.74) is 0.381. The lowest BCUT2D eigenvalue weighted by molar-refractivity contribution is -0.124. The van der Waals surface area contributed by atoms with E-state index in [9.17, 15) is 4.79 Å². The summed E-state index contributed by atoms with van der Waals surface area (Å²) >= 11 is 5.80. The third-order valence-corrected chi connectivity index (χ3v) is 2.83. The van der Waals surface area contributed by atoms with E-state index in [1.807, 2.05) is 19.9 Å². The minimum absolute atomic E-state index is 0.0238. The van der Waals surface area contributed by atoms with Gasteiger partial charge in [-0.05, 0) is 18.6 Å². The lowest BCUT2D eigenvalue weighted by Gasteiger charge is -2.10. The molecule has 0 radical (unpaired) electrons. The number of nitrogens with zero attached hydrogens (tertiary/aromatic N) is 1. The van der Waals surface area contributed by atoms with Crippen molar-refractivity contribution >= 4 is 17.4 Å². The third-order valence-electron chi connectivity index (χ3n) is 2.60. The van der Waals surface area contributed by atoms with Crippen LogP contribution < -0.4 is 4.74 Å². The van der Waals surface area contributed by atoms with Crippen LogP contribution in [-0.4, -0.2) is 12.4 Å². The minimum atomic E-state index is -0.0280. The van der Waals surface area contributed by atoms with Crippen molar-refractivity contribution in [2.75, 3.05) is 6.61 Å². The molecule has 1 aromatic rings.